The summed E-state index contributed by atoms with van der Waals surface area (Å²) in [7, 11) is 0. The van der Waals surface area contributed by atoms with Crippen LogP contribution < -0.4 is 5.73 Å². The van der Waals surface area contributed by atoms with Gasteiger partial charge in [-0.15, -0.1) is 11.6 Å². The predicted molar refractivity (Wildman–Crippen MR) is 70.0 cm³/mol. The van der Waals surface area contributed by atoms with Crippen molar-refractivity contribution in [3.05, 3.63) is 24.1 Å². The van der Waals surface area contributed by atoms with Crippen molar-refractivity contribution in [2.75, 3.05) is 5.88 Å². The van der Waals surface area contributed by atoms with Gasteiger partial charge in [0.15, 0.2) is 11.5 Å². The molecule has 0 fully saturated rings. The van der Waals surface area contributed by atoms with Gasteiger partial charge in [0, 0.05) is 6.42 Å². The second-order valence-corrected chi connectivity index (χ2v) is 4.01. The highest BCUT2D eigenvalue weighted by Crippen LogP contribution is 2.22. The molecule has 0 saturated heterocycles. The van der Waals surface area contributed by atoms with Crippen LogP contribution in [0.5, 0.6) is 0 Å². The molecule has 2 aromatic rings. The Balaban J connectivity index is 2.36. The van der Waals surface area contributed by atoms with E-state index in [1.165, 1.54) is 0 Å². The molecular weight excluding hydrogens is 238 g/mol. The lowest BCUT2D eigenvalue weighted by Gasteiger charge is -1.95. The summed E-state index contributed by atoms with van der Waals surface area (Å²) in [4.78, 5) is 8.55. The number of hydrogen-bond acceptors (Lipinski definition) is 3. The Morgan fingerprint density at radius 2 is 2.35 bits per heavy atom. The molecule has 4 nitrogen and oxygen atoms in total. The van der Waals surface area contributed by atoms with Crippen LogP contribution in [0.3, 0.4) is 0 Å². The van der Waals surface area contributed by atoms with Crippen LogP contribution in [0.25, 0.3) is 11.1 Å². The zero-order valence-corrected chi connectivity index (χ0v) is 10.4. The maximum absolute atomic E-state index is 5.58. The maximum Gasteiger partial charge on any atom is 0.195 e. The molecule has 0 aliphatic rings. The number of oxazole rings is 1. The van der Waals surface area contributed by atoms with E-state index in [2.05, 4.69) is 16.9 Å². The van der Waals surface area contributed by atoms with Crippen LogP contribution in [0.1, 0.15) is 19.2 Å². The van der Waals surface area contributed by atoms with Gasteiger partial charge in [0.05, 0.1) is 11.6 Å². The van der Waals surface area contributed by atoms with Gasteiger partial charge in [0.25, 0.3) is 0 Å². The third kappa shape index (κ3) is 2.77. The van der Waals surface area contributed by atoms with E-state index in [0.29, 0.717) is 5.84 Å². The van der Waals surface area contributed by atoms with Crippen LogP contribution in [0.15, 0.2) is 27.6 Å². The lowest BCUT2D eigenvalue weighted by molar-refractivity contribution is 0.525. The summed E-state index contributed by atoms with van der Waals surface area (Å²) in [5, 5.41) is 0. The number of aryl methyl sites for hydroxylation is 1. The number of benzene rings is 1. The Bertz CT molecular complexity index is 548. The monoisotopic (exact) mass is 251 g/mol. The van der Waals surface area contributed by atoms with Gasteiger partial charge in [0.1, 0.15) is 11.4 Å². The summed E-state index contributed by atoms with van der Waals surface area (Å²) in [6.07, 6.45) is 1.86. The molecule has 2 rings (SSSR count). The van der Waals surface area contributed by atoms with Crippen LogP contribution in [0.4, 0.5) is 5.69 Å². The molecule has 90 valence electrons. The number of alkyl halides is 1. The Morgan fingerprint density at radius 3 is 3.06 bits per heavy atom. The molecule has 0 saturated carbocycles. The number of hydrogen-bond donors (Lipinski definition) is 1. The Kier molecular flexibility index (Phi) is 3.64. The largest absolute Gasteiger partial charge is 0.441 e. The van der Waals surface area contributed by atoms with E-state index in [1.807, 2.05) is 18.2 Å². The first kappa shape index (κ1) is 11.9. The van der Waals surface area contributed by atoms with Crippen molar-refractivity contribution in [2.45, 2.75) is 19.8 Å². The Hall–Kier alpha value is -1.55. The van der Waals surface area contributed by atoms with Gasteiger partial charge in [-0.25, -0.2) is 9.98 Å². The van der Waals surface area contributed by atoms with Gasteiger partial charge in [-0.1, -0.05) is 6.92 Å². The number of nitrogens with zero attached hydrogens (tertiary/aromatic N) is 2. The van der Waals surface area contributed by atoms with Gasteiger partial charge < -0.3 is 10.2 Å². The molecule has 5 heteroatoms. The number of aromatic nitrogens is 1. The number of nitrogens with two attached hydrogens (primary N) is 1. The minimum atomic E-state index is 0.220. The van der Waals surface area contributed by atoms with Gasteiger partial charge in [0.2, 0.25) is 0 Å². The van der Waals surface area contributed by atoms with E-state index in [-0.39, 0.29) is 5.88 Å². The molecular formula is C12H14ClN3O. The predicted octanol–water partition coefficient (Wildman–Crippen LogP) is 3.01. The fourth-order valence-corrected chi connectivity index (χ4v) is 1.61. The van der Waals surface area contributed by atoms with Gasteiger partial charge in [-0.05, 0) is 24.6 Å². The van der Waals surface area contributed by atoms with Crippen molar-refractivity contribution in [3.8, 4) is 0 Å². The maximum atomic E-state index is 5.58. The number of aliphatic imine (C=N–C) groups is 1. The second kappa shape index (κ2) is 5.19. The molecule has 2 N–H and O–H groups in total. The molecule has 0 radical (unpaired) electrons. The molecule has 0 bridgehead atoms. The minimum absolute atomic E-state index is 0.220. The molecule has 0 unspecified atom stereocenters. The number of rotatable bonds is 4. The second-order valence-electron chi connectivity index (χ2n) is 3.75. The summed E-state index contributed by atoms with van der Waals surface area (Å²) in [6, 6.07) is 5.53. The number of amidine groups is 1. The quantitative estimate of drug-likeness (QED) is 0.516. The SMILES string of the molecule is CCCc1nc2cc(N=C(N)CCl)ccc2o1. The zero-order chi connectivity index (χ0) is 12.3. The highest BCUT2D eigenvalue weighted by molar-refractivity contribution is 6.28. The van der Waals surface area contributed by atoms with E-state index in [9.17, 15) is 0 Å². The van der Waals surface area contributed by atoms with Gasteiger partial charge >= 0.3 is 0 Å². The topological polar surface area (TPSA) is 64.4 Å². The van der Waals surface area contributed by atoms with E-state index < -0.39 is 0 Å². The number of halogens is 1. The van der Waals surface area contributed by atoms with E-state index in [0.717, 1.165) is 35.5 Å². The van der Waals surface area contributed by atoms with Crippen molar-refractivity contribution in [2.24, 2.45) is 10.7 Å². The van der Waals surface area contributed by atoms with Crippen LogP contribution in [0, 0.1) is 0 Å². The molecule has 1 aromatic heterocycles. The molecule has 17 heavy (non-hydrogen) atoms. The lowest BCUT2D eigenvalue weighted by atomic mass is 10.3. The fraction of sp³-hybridized carbons (Fsp3) is 0.333. The Labute approximate surface area is 104 Å². The van der Waals surface area contributed by atoms with Gasteiger partial charge in [-0.3, -0.25) is 0 Å². The van der Waals surface area contributed by atoms with Crippen LogP contribution >= 0.6 is 11.6 Å². The van der Waals surface area contributed by atoms with Crippen molar-refractivity contribution < 1.29 is 4.42 Å². The van der Waals surface area contributed by atoms with E-state index >= 15 is 0 Å². The molecule has 0 amide bonds. The fourth-order valence-electron chi connectivity index (χ4n) is 1.55. The normalized spacial score (nSPS) is 12.2. The summed E-state index contributed by atoms with van der Waals surface area (Å²) in [5.41, 5.74) is 7.90. The third-order valence-corrected chi connectivity index (χ3v) is 2.56. The van der Waals surface area contributed by atoms with Crippen molar-refractivity contribution in [1.82, 2.24) is 4.98 Å². The minimum Gasteiger partial charge on any atom is -0.441 e. The highest BCUT2D eigenvalue weighted by Gasteiger charge is 2.05. The van der Waals surface area contributed by atoms with E-state index in [1.54, 1.807) is 0 Å². The average Bonchev–Trinajstić information content (AvgIpc) is 2.71. The van der Waals surface area contributed by atoms with Crippen molar-refractivity contribution >= 4 is 34.2 Å². The summed E-state index contributed by atoms with van der Waals surface area (Å²) < 4.78 is 5.58. The molecule has 0 aliphatic heterocycles. The molecule has 0 atom stereocenters. The Morgan fingerprint density at radius 1 is 1.53 bits per heavy atom. The lowest BCUT2D eigenvalue weighted by Crippen LogP contribution is -2.12. The summed E-state index contributed by atoms with van der Waals surface area (Å²) in [6.45, 7) is 2.09. The smallest absolute Gasteiger partial charge is 0.195 e. The first-order valence-electron chi connectivity index (χ1n) is 5.51. The molecule has 1 aromatic carbocycles. The van der Waals surface area contributed by atoms with Crippen LogP contribution in [-0.2, 0) is 6.42 Å². The molecule has 1 heterocycles. The van der Waals surface area contributed by atoms with Crippen molar-refractivity contribution in [3.63, 3.8) is 0 Å². The average molecular weight is 252 g/mol. The molecule has 0 spiro atoms. The summed E-state index contributed by atoms with van der Waals surface area (Å²) >= 11 is 5.58. The van der Waals surface area contributed by atoms with Gasteiger partial charge in [-0.2, -0.15) is 0 Å². The van der Waals surface area contributed by atoms with E-state index in [4.69, 9.17) is 21.8 Å². The first-order chi connectivity index (χ1) is 8.22. The van der Waals surface area contributed by atoms with Crippen LogP contribution in [0.2, 0.25) is 0 Å². The first-order valence-corrected chi connectivity index (χ1v) is 6.05. The summed E-state index contributed by atoms with van der Waals surface area (Å²) in [5.74, 6) is 1.37. The standard InChI is InChI=1S/C12H14ClN3O/c1-2-3-12-16-9-6-8(15-11(14)7-13)4-5-10(9)17-12/h4-6H,2-3,7H2,1H3,(H2,14,15). The highest BCUT2D eigenvalue weighted by atomic mass is 35.5. The van der Waals surface area contributed by atoms with Crippen molar-refractivity contribution in [1.29, 1.82) is 0 Å². The van der Waals surface area contributed by atoms with Crippen LogP contribution in [-0.4, -0.2) is 16.7 Å². The molecule has 0 aliphatic carbocycles. The zero-order valence-electron chi connectivity index (χ0n) is 9.61. The number of fused-ring (bicyclic) bond motifs is 1. The third-order valence-electron chi connectivity index (χ3n) is 2.29.